The summed E-state index contributed by atoms with van der Waals surface area (Å²) in [5, 5.41) is 0. The number of hydrogen-bond acceptors (Lipinski definition) is 3. The van der Waals surface area contributed by atoms with Gasteiger partial charge in [0.05, 0.1) is 13.2 Å². The van der Waals surface area contributed by atoms with Crippen molar-refractivity contribution < 1.29 is 4.74 Å². The quantitative estimate of drug-likeness (QED) is 0.672. The Hall–Kier alpha value is -0.120. The summed E-state index contributed by atoms with van der Waals surface area (Å²) in [5.74, 6) is 0. The number of ether oxygens (including phenoxy) is 1. The molecule has 3 nitrogen and oxygen atoms in total. The summed E-state index contributed by atoms with van der Waals surface area (Å²) in [7, 11) is 0. The van der Waals surface area contributed by atoms with Gasteiger partial charge in [-0.1, -0.05) is 13.8 Å². The van der Waals surface area contributed by atoms with Crippen molar-refractivity contribution in [3.8, 4) is 0 Å². The summed E-state index contributed by atoms with van der Waals surface area (Å²) in [6, 6.07) is 0. The second-order valence-electron chi connectivity index (χ2n) is 7.64. The molecular weight excluding hydrogens is 260 g/mol. The first-order chi connectivity index (χ1) is 9.71. The van der Waals surface area contributed by atoms with Crippen molar-refractivity contribution in [1.29, 1.82) is 0 Å². The molecule has 0 N–H and O–H groups in total. The predicted octanol–water partition coefficient (Wildman–Crippen LogP) is 4.02. The second kappa shape index (κ2) is 9.81. The van der Waals surface area contributed by atoms with Crippen LogP contribution < -0.4 is 0 Å². The molecular formula is C18H40N2O. The Bertz CT molecular complexity index is 241. The second-order valence-corrected chi connectivity index (χ2v) is 7.64. The van der Waals surface area contributed by atoms with Crippen molar-refractivity contribution in [2.75, 3.05) is 39.4 Å². The zero-order chi connectivity index (χ0) is 16.5. The first-order valence-electron chi connectivity index (χ1n) is 8.79. The fourth-order valence-corrected chi connectivity index (χ4v) is 2.62. The van der Waals surface area contributed by atoms with Crippen molar-refractivity contribution in [2.24, 2.45) is 0 Å². The number of nitrogens with zero attached hydrogens (tertiary/aromatic N) is 2. The third kappa shape index (κ3) is 8.80. The minimum atomic E-state index is 0.323. The summed E-state index contributed by atoms with van der Waals surface area (Å²) in [6.45, 7) is 24.2. The van der Waals surface area contributed by atoms with Crippen LogP contribution in [-0.4, -0.2) is 60.3 Å². The van der Waals surface area contributed by atoms with E-state index in [1.54, 1.807) is 0 Å². The van der Waals surface area contributed by atoms with E-state index in [-0.39, 0.29) is 0 Å². The van der Waals surface area contributed by atoms with Crippen molar-refractivity contribution in [1.82, 2.24) is 9.80 Å². The molecule has 2 rings (SSSR count). The van der Waals surface area contributed by atoms with Crippen LogP contribution in [0.5, 0.6) is 0 Å². The van der Waals surface area contributed by atoms with E-state index in [0.29, 0.717) is 11.1 Å². The molecule has 2 saturated heterocycles. The van der Waals surface area contributed by atoms with Crippen LogP contribution in [0.1, 0.15) is 68.2 Å². The van der Waals surface area contributed by atoms with Crippen LogP contribution in [0.4, 0.5) is 0 Å². The lowest BCUT2D eigenvalue weighted by Gasteiger charge is -2.38. The summed E-state index contributed by atoms with van der Waals surface area (Å²) in [6.07, 6.45) is 2.80. The minimum absolute atomic E-state index is 0.323. The van der Waals surface area contributed by atoms with Gasteiger partial charge in [-0.05, 0) is 67.5 Å². The Kier molecular flexibility index (Phi) is 9.75. The summed E-state index contributed by atoms with van der Waals surface area (Å²) >= 11 is 0. The Morgan fingerprint density at radius 1 is 0.619 bits per heavy atom. The lowest BCUT2D eigenvalue weighted by Crippen LogP contribution is -2.47. The van der Waals surface area contributed by atoms with E-state index in [9.17, 15) is 0 Å². The van der Waals surface area contributed by atoms with E-state index in [1.165, 1.54) is 25.9 Å². The average molecular weight is 301 g/mol. The molecule has 0 aliphatic carbocycles. The van der Waals surface area contributed by atoms with Gasteiger partial charge in [-0.15, -0.1) is 0 Å². The fraction of sp³-hybridized carbons (Fsp3) is 1.00. The van der Waals surface area contributed by atoms with Gasteiger partial charge < -0.3 is 4.74 Å². The van der Waals surface area contributed by atoms with Crippen molar-refractivity contribution in [3.05, 3.63) is 0 Å². The van der Waals surface area contributed by atoms with Gasteiger partial charge in [-0.3, -0.25) is 9.80 Å². The first kappa shape index (κ1) is 20.9. The van der Waals surface area contributed by atoms with E-state index in [2.05, 4.69) is 51.3 Å². The molecule has 0 aromatic heterocycles. The molecule has 0 bridgehead atoms. The van der Waals surface area contributed by atoms with Gasteiger partial charge in [0.2, 0.25) is 0 Å². The highest BCUT2D eigenvalue weighted by atomic mass is 16.5. The molecule has 2 aliphatic heterocycles. The van der Waals surface area contributed by atoms with Gasteiger partial charge in [-0.2, -0.15) is 0 Å². The maximum Gasteiger partial charge on any atom is 0.0594 e. The number of hydrogen-bond donors (Lipinski definition) is 0. The normalized spacial score (nSPS) is 21.1. The van der Waals surface area contributed by atoms with Crippen molar-refractivity contribution in [3.63, 3.8) is 0 Å². The van der Waals surface area contributed by atoms with E-state index in [0.717, 1.165) is 26.3 Å². The van der Waals surface area contributed by atoms with Crippen LogP contribution in [0.3, 0.4) is 0 Å². The number of morpholine rings is 1. The van der Waals surface area contributed by atoms with Crippen molar-refractivity contribution in [2.45, 2.75) is 79.3 Å². The Morgan fingerprint density at radius 2 is 0.952 bits per heavy atom. The van der Waals surface area contributed by atoms with Crippen LogP contribution >= 0.6 is 0 Å². The van der Waals surface area contributed by atoms with Crippen LogP contribution in [-0.2, 0) is 4.74 Å². The van der Waals surface area contributed by atoms with Crippen molar-refractivity contribution >= 4 is 0 Å². The molecule has 2 aliphatic rings. The molecule has 0 spiro atoms. The first-order valence-corrected chi connectivity index (χ1v) is 8.79. The topological polar surface area (TPSA) is 15.7 Å². The molecule has 0 aromatic carbocycles. The van der Waals surface area contributed by atoms with E-state index in [1.807, 2.05) is 13.8 Å². The van der Waals surface area contributed by atoms with Crippen LogP contribution in [0.15, 0.2) is 0 Å². The predicted molar refractivity (Wildman–Crippen MR) is 94.1 cm³/mol. The van der Waals surface area contributed by atoms with Gasteiger partial charge in [0, 0.05) is 24.2 Å². The highest BCUT2D eigenvalue weighted by Gasteiger charge is 2.23. The smallest absolute Gasteiger partial charge is 0.0594 e. The van der Waals surface area contributed by atoms with E-state index >= 15 is 0 Å². The number of likely N-dealkylation sites (tertiary alicyclic amines) is 1. The van der Waals surface area contributed by atoms with Gasteiger partial charge >= 0.3 is 0 Å². The summed E-state index contributed by atoms with van der Waals surface area (Å²) in [4.78, 5) is 5.00. The molecule has 0 radical (unpaired) electrons. The maximum absolute atomic E-state index is 5.25. The summed E-state index contributed by atoms with van der Waals surface area (Å²) < 4.78 is 5.25. The SMILES string of the molecule is CC.CC(C)(C)N1CCCC1.CC(C)(C)N1CCOCC1. The monoisotopic (exact) mass is 300 g/mol. The standard InChI is InChI=1S/C8H17NO.C8H17N.C2H6/c1-8(2,3)9-4-6-10-7-5-9;1-8(2,3)9-6-4-5-7-9;1-2/h4-7H2,1-3H3;4-7H2,1-3H3;1-2H3. The Morgan fingerprint density at radius 3 is 1.19 bits per heavy atom. The highest BCUT2D eigenvalue weighted by Crippen LogP contribution is 2.19. The largest absolute Gasteiger partial charge is 0.379 e. The average Bonchev–Trinajstić information content (AvgIpc) is 2.96. The molecule has 0 aromatic rings. The molecule has 0 amide bonds. The number of rotatable bonds is 0. The Balaban J connectivity index is 0.000000342. The van der Waals surface area contributed by atoms with Crippen LogP contribution in [0.2, 0.25) is 0 Å². The van der Waals surface area contributed by atoms with E-state index < -0.39 is 0 Å². The molecule has 0 unspecified atom stereocenters. The van der Waals surface area contributed by atoms with Gasteiger partial charge in [0.1, 0.15) is 0 Å². The van der Waals surface area contributed by atoms with Crippen LogP contribution in [0, 0.1) is 0 Å². The lowest BCUT2D eigenvalue weighted by atomic mass is 10.1. The zero-order valence-electron chi connectivity index (χ0n) is 16.0. The molecule has 0 saturated carbocycles. The molecule has 2 fully saturated rings. The van der Waals surface area contributed by atoms with Gasteiger partial charge in [0.25, 0.3) is 0 Å². The van der Waals surface area contributed by atoms with Gasteiger partial charge in [0.15, 0.2) is 0 Å². The van der Waals surface area contributed by atoms with E-state index in [4.69, 9.17) is 4.74 Å². The Labute approximate surface area is 134 Å². The molecule has 21 heavy (non-hydrogen) atoms. The van der Waals surface area contributed by atoms with Crippen LogP contribution in [0.25, 0.3) is 0 Å². The minimum Gasteiger partial charge on any atom is -0.379 e. The maximum atomic E-state index is 5.25. The highest BCUT2D eigenvalue weighted by molar-refractivity contribution is 4.79. The third-order valence-electron chi connectivity index (χ3n) is 4.01. The molecule has 128 valence electrons. The molecule has 2 heterocycles. The molecule has 3 heteroatoms. The van der Waals surface area contributed by atoms with Gasteiger partial charge in [-0.25, -0.2) is 0 Å². The zero-order valence-corrected chi connectivity index (χ0v) is 16.0. The lowest BCUT2D eigenvalue weighted by molar-refractivity contribution is -0.00389. The molecule has 0 atom stereocenters. The summed E-state index contributed by atoms with van der Waals surface area (Å²) in [5.41, 5.74) is 0.736. The third-order valence-corrected chi connectivity index (χ3v) is 4.01. The fourth-order valence-electron chi connectivity index (χ4n) is 2.62.